The Hall–Kier alpha value is -1.36. The van der Waals surface area contributed by atoms with Crippen molar-refractivity contribution >= 4 is 11.9 Å². The Morgan fingerprint density at radius 2 is 1.88 bits per heavy atom. The van der Waals surface area contributed by atoms with Crippen LogP contribution < -0.4 is 0 Å². The zero-order chi connectivity index (χ0) is 12.6. The van der Waals surface area contributed by atoms with Crippen molar-refractivity contribution in [1.29, 1.82) is 0 Å². The summed E-state index contributed by atoms with van der Waals surface area (Å²) in [6, 6.07) is 0. The van der Waals surface area contributed by atoms with Gasteiger partial charge in [-0.3, -0.25) is 4.79 Å². The number of carbonyl (C=O) groups is 2. The fourth-order valence-corrected chi connectivity index (χ4v) is 1.26. The van der Waals surface area contributed by atoms with Crippen molar-refractivity contribution in [2.24, 2.45) is 0 Å². The highest BCUT2D eigenvalue weighted by atomic mass is 16.4. The lowest BCUT2D eigenvalue weighted by atomic mass is 10.0. The van der Waals surface area contributed by atoms with Crippen molar-refractivity contribution in [3.05, 3.63) is 11.6 Å². The van der Waals surface area contributed by atoms with Crippen LogP contribution in [0.25, 0.3) is 0 Å². The lowest BCUT2D eigenvalue weighted by molar-refractivity contribution is -0.136. The minimum atomic E-state index is -1.07. The smallest absolute Gasteiger partial charge is 0.331 e. The van der Waals surface area contributed by atoms with Crippen LogP contribution in [0.2, 0.25) is 0 Å². The SMILES string of the molecule is CC(O)CCCCC(=CCC(=O)O)C(=O)O. The maximum absolute atomic E-state index is 10.7. The minimum absolute atomic E-state index is 0.132. The van der Waals surface area contributed by atoms with Gasteiger partial charge in [-0.15, -0.1) is 0 Å². The second-order valence-corrected chi connectivity index (χ2v) is 3.73. The molecule has 0 heterocycles. The lowest BCUT2D eigenvalue weighted by Crippen LogP contribution is -2.04. The van der Waals surface area contributed by atoms with Gasteiger partial charge >= 0.3 is 11.9 Å². The number of hydrogen-bond acceptors (Lipinski definition) is 3. The average molecular weight is 230 g/mol. The number of hydrogen-bond donors (Lipinski definition) is 3. The highest BCUT2D eigenvalue weighted by molar-refractivity contribution is 5.87. The third kappa shape index (κ3) is 7.99. The summed E-state index contributed by atoms with van der Waals surface area (Å²) in [7, 11) is 0. The lowest BCUT2D eigenvalue weighted by Gasteiger charge is -2.04. The van der Waals surface area contributed by atoms with E-state index in [9.17, 15) is 9.59 Å². The molecule has 5 nitrogen and oxygen atoms in total. The molecule has 0 aliphatic rings. The molecule has 3 N–H and O–H groups in total. The quantitative estimate of drug-likeness (QED) is 0.433. The molecule has 0 fully saturated rings. The van der Waals surface area contributed by atoms with Gasteiger partial charge in [0.25, 0.3) is 0 Å². The molecule has 0 aromatic rings. The maximum atomic E-state index is 10.7. The van der Waals surface area contributed by atoms with Gasteiger partial charge in [0.15, 0.2) is 0 Å². The van der Waals surface area contributed by atoms with E-state index in [1.807, 2.05) is 0 Å². The molecule has 0 rings (SSSR count). The van der Waals surface area contributed by atoms with E-state index in [4.69, 9.17) is 15.3 Å². The molecule has 1 unspecified atom stereocenters. The Morgan fingerprint density at radius 1 is 1.25 bits per heavy atom. The zero-order valence-corrected chi connectivity index (χ0v) is 9.35. The van der Waals surface area contributed by atoms with Crippen molar-refractivity contribution < 1.29 is 24.9 Å². The van der Waals surface area contributed by atoms with E-state index in [-0.39, 0.29) is 18.1 Å². The van der Waals surface area contributed by atoms with Crippen LogP contribution in [0.1, 0.15) is 39.0 Å². The van der Waals surface area contributed by atoms with E-state index in [2.05, 4.69) is 0 Å². The van der Waals surface area contributed by atoms with Gasteiger partial charge in [-0.05, 0) is 26.2 Å². The van der Waals surface area contributed by atoms with Crippen molar-refractivity contribution in [3.63, 3.8) is 0 Å². The normalized spacial score (nSPS) is 13.5. The standard InChI is InChI=1S/C11H18O5/c1-8(12)4-2-3-5-9(11(15)16)6-7-10(13)14/h6,8,12H,2-5,7H2,1H3,(H,13,14)(H,15,16). The van der Waals surface area contributed by atoms with E-state index >= 15 is 0 Å². The molecule has 0 saturated carbocycles. The van der Waals surface area contributed by atoms with Crippen molar-refractivity contribution in [1.82, 2.24) is 0 Å². The van der Waals surface area contributed by atoms with Gasteiger partial charge in [0.05, 0.1) is 12.5 Å². The Balaban J connectivity index is 4.00. The van der Waals surface area contributed by atoms with Crippen LogP contribution in [0, 0.1) is 0 Å². The largest absolute Gasteiger partial charge is 0.481 e. The molecular weight excluding hydrogens is 212 g/mol. The van der Waals surface area contributed by atoms with E-state index in [1.54, 1.807) is 6.92 Å². The number of aliphatic hydroxyl groups is 1. The number of carboxylic acids is 2. The third-order valence-electron chi connectivity index (χ3n) is 2.12. The molecule has 5 heteroatoms. The summed E-state index contributed by atoms with van der Waals surface area (Å²) in [5.41, 5.74) is 0.132. The molecule has 1 atom stereocenters. The first kappa shape index (κ1) is 14.6. The van der Waals surface area contributed by atoms with Crippen LogP contribution >= 0.6 is 0 Å². The Kier molecular flexibility index (Phi) is 7.20. The van der Waals surface area contributed by atoms with Crippen LogP contribution in [0.15, 0.2) is 11.6 Å². The summed E-state index contributed by atoms with van der Waals surface area (Å²) in [6.45, 7) is 1.68. The average Bonchev–Trinajstić information content (AvgIpc) is 2.15. The van der Waals surface area contributed by atoms with Crippen molar-refractivity contribution in [2.75, 3.05) is 0 Å². The first-order chi connectivity index (χ1) is 7.43. The molecule has 92 valence electrons. The van der Waals surface area contributed by atoms with Gasteiger partial charge in [0, 0.05) is 5.57 Å². The van der Waals surface area contributed by atoms with Gasteiger partial charge in [-0.25, -0.2) is 4.79 Å². The summed E-state index contributed by atoms with van der Waals surface area (Å²) in [5.74, 6) is -2.11. The van der Waals surface area contributed by atoms with Crippen LogP contribution in [0.5, 0.6) is 0 Å². The number of aliphatic carboxylic acids is 2. The second-order valence-electron chi connectivity index (χ2n) is 3.73. The molecule has 0 aromatic heterocycles. The van der Waals surface area contributed by atoms with Crippen LogP contribution in [-0.4, -0.2) is 33.4 Å². The van der Waals surface area contributed by atoms with Gasteiger partial charge in [-0.2, -0.15) is 0 Å². The summed E-state index contributed by atoms with van der Waals surface area (Å²) >= 11 is 0. The van der Waals surface area contributed by atoms with Gasteiger partial charge in [-0.1, -0.05) is 12.5 Å². The predicted octanol–water partition coefficient (Wildman–Crippen LogP) is 1.41. The molecule has 16 heavy (non-hydrogen) atoms. The first-order valence-corrected chi connectivity index (χ1v) is 5.25. The van der Waals surface area contributed by atoms with Crippen molar-refractivity contribution in [3.8, 4) is 0 Å². The number of aliphatic hydroxyl groups excluding tert-OH is 1. The topological polar surface area (TPSA) is 94.8 Å². The summed E-state index contributed by atoms with van der Waals surface area (Å²) < 4.78 is 0. The molecule has 0 radical (unpaired) electrons. The minimum Gasteiger partial charge on any atom is -0.481 e. The molecule has 0 bridgehead atoms. The molecule has 0 amide bonds. The highest BCUT2D eigenvalue weighted by Crippen LogP contribution is 2.11. The van der Waals surface area contributed by atoms with Crippen LogP contribution in [0.3, 0.4) is 0 Å². The number of unbranched alkanes of at least 4 members (excludes halogenated alkanes) is 1. The van der Waals surface area contributed by atoms with Gasteiger partial charge < -0.3 is 15.3 Å². The van der Waals surface area contributed by atoms with Crippen molar-refractivity contribution in [2.45, 2.75) is 45.1 Å². The van der Waals surface area contributed by atoms with Crippen LogP contribution in [-0.2, 0) is 9.59 Å². The Labute approximate surface area is 94.4 Å². The van der Waals surface area contributed by atoms with E-state index in [1.165, 1.54) is 6.08 Å². The predicted molar refractivity (Wildman–Crippen MR) is 58.1 cm³/mol. The first-order valence-electron chi connectivity index (χ1n) is 5.25. The molecule has 0 aliphatic carbocycles. The molecule has 0 aliphatic heterocycles. The van der Waals surface area contributed by atoms with Gasteiger partial charge in [0.1, 0.15) is 0 Å². The summed E-state index contributed by atoms with van der Waals surface area (Å²) in [4.78, 5) is 21.0. The molecule has 0 aromatic carbocycles. The summed E-state index contributed by atoms with van der Waals surface area (Å²) in [6.07, 6.45) is 2.93. The van der Waals surface area contributed by atoms with Crippen LogP contribution in [0.4, 0.5) is 0 Å². The number of rotatable bonds is 8. The third-order valence-corrected chi connectivity index (χ3v) is 2.12. The molecular formula is C11H18O5. The fraction of sp³-hybridized carbons (Fsp3) is 0.636. The van der Waals surface area contributed by atoms with E-state index < -0.39 is 11.9 Å². The van der Waals surface area contributed by atoms with E-state index in [0.717, 1.165) is 6.42 Å². The highest BCUT2D eigenvalue weighted by Gasteiger charge is 2.08. The number of carboxylic acid groups (broad SMARTS) is 2. The second kappa shape index (κ2) is 7.87. The Bertz CT molecular complexity index is 268. The summed E-state index contributed by atoms with van der Waals surface area (Å²) in [5, 5.41) is 26.2. The van der Waals surface area contributed by atoms with Gasteiger partial charge in [0.2, 0.25) is 0 Å². The Morgan fingerprint density at radius 3 is 2.31 bits per heavy atom. The monoisotopic (exact) mass is 230 g/mol. The van der Waals surface area contributed by atoms with E-state index in [0.29, 0.717) is 19.3 Å². The molecule has 0 spiro atoms. The molecule has 0 saturated heterocycles. The zero-order valence-electron chi connectivity index (χ0n) is 9.35. The fourth-order valence-electron chi connectivity index (χ4n) is 1.26. The maximum Gasteiger partial charge on any atom is 0.331 e.